The molecule has 0 radical (unpaired) electrons. The molecule has 3 aliphatic heterocycles. The van der Waals surface area contributed by atoms with E-state index in [1.54, 1.807) is 0 Å². The molecule has 3 aliphatic rings. The number of ether oxygens (including phenoxy) is 1. The molecule has 1 aromatic rings. The van der Waals surface area contributed by atoms with Crippen LogP contribution in [0.25, 0.3) is 0 Å². The number of nitrogens with two attached hydrogens (primary N) is 1. The van der Waals surface area contributed by atoms with Gasteiger partial charge in [-0.05, 0) is 36.6 Å². The maximum absolute atomic E-state index is 13.3. The number of nitro groups is 1. The minimum absolute atomic E-state index is 0.0336. The molecule has 39 heavy (non-hydrogen) atoms. The number of fused-ring (bicyclic) bond motifs is 1. The van der Waals surface area contributed by atoms with Gasteiger partial charge in [-0.15, -0.1) is 0 Å². The van der Waals surface area contributed by atoms with E-state index in [0.717, 1.165) is 12.1 Å². The van der Waals surface area contributed by atoms with Crippen LogP contribution >= 0.6 is 0 Å². The molecule has 2 fully saturated rings. The van der Waals surface area contributed by atoms with Gasteiger partial charge in [-0.25, -0.2) is 9.59 Å². The Kier molecular flexibility index (Phi) is 7.82. The molecule has 2 saturated heterocycles. The van der Waals surface area contributed by atoms with Gasteiger partial charge in [0, 0.05) is 31.1 Å². The Morgan fingerprint density at radius 3 is 2.44 bits per heavy atom. The molecule has 1 aromatic carbocycles. The lowest BCUT2D eigenvalue weighted by atomic mass is 9.74. The summed E-state index contributed by atoms with van der Waals surface area (Å²) in [4.78, 5) is 76.2. The van der Waals surface area contributed by atoms with Crippen LogP contribution in [0, 0.1) is 33.8 Å². The Bertz CT molecular complexity index is 1260. The molecule has 4 atom stereocenters. The van der Waals surface area contributed by atoms with E-state index >= 15 is 0 Å². The largest absolute Gasteiger partial charge is 0.385 e. The lowest BCUT2D eigenvalue weighted by molar-refractivity contribution is -0.384. The molecule has 3 N–H and O–H groups in total. The van der Waals surface area contributed by atoms with E-state index in [-0.39, 0.29) is 65.0 Å². The molecule has 13 heteroatoms. The van der Waals surface area contributed by atoms with Crippen molar-refractivity contribution in [3.63, 3.8) is 0 Å². The smallest absolute Gasteiger partial charge is 0.362 e. The van der Waals surface area contributed by atoms with Crippen LogP contribution in [0.15, 0.2) is 35.5 Å². The van der Waals surface area contributed by atoms with E-state index < -0.39 is 22.8 Å². The quantitative estimate of drug-likeness (QED) is 0.149. The average Bonchev–Trinajstić information content (AvgIpc) is 3.44. The lowest BCUT2D eigenvalue weighted by Gasteiger charge is -2.47. The first-order chi connectivity index (χ1) is 18.4. The topological polar surface area (TPSA) is 182 Å². The monoisotopic (exact) mass is 541 g/mol. The van der Waals surface area contributed by atoms with Crippen molar-refractivity contribution in [2.24, 2.45) is 29.4 Å². The maximum atomic E-state index is 13.3. The maximum Gasteiger partial charge on any atom is 0.362 e. The first-order valence-corrected chi connectivity index (χ1v) is 12.8. The van der Waals surface area contributed by atoms with Crippen molar-refractivity contribution >= 4 is 35.3 Å². The Labute approximate surface area is 224 Å². The number of nitrogens with zero attached hydrogens (tertiary/aromatic N) is 3. The summed E-state index contributed by atoms with van der Waals surface area (Å²) in [6.07, 6.45) is 0.547. The van der Waals surface area contributed by atoms with Gasteiger partial charge in [0.15, 0.2) is 0 Å². The highest BCUT2D eigenvalue weighted by atomic mass is 16.6. The summed E-state index contributed by atoms with van der Waals surface area (Å²) in [7, 11) is 0. The first-order valence-electron chi connectivity index (χ1n) is 12.8. The van der Waals surface area contributed by atoms with Crippen molar-refractivity contribution in [1.29, 1.82) is 0 Å². The van der Waals surface area contributed by atoms with Crippen LogP contribution in [0.2, 0.25) is 0 Å². The van der Waals surface area contributed by atoms with Crippen molar-refractivity contribution in [1.82, 2.24) is 15.1 Å². The van der Waals surface area contributed by atoms with Crippen molar-refractivity contribution in [2.45, 2.75) is 33.2 Å². The van der Waals surface area contributed by atoms with E-state index in [4.69, 9.17) is 10.5 Å². The van der Waals surface area contributed by atoms with Crippen LogP contribution in [0.4, 0.5) is 5.69 Å². The number of nitro benzene ring substituents is 1. The van der Waals surface area contributed by atoms with Gasteiger partial charge in [-0.3, -0.25) is 29.4 Å². The molecule has 0 unspecified atom stereocenters. The van der Waals surface area contributed by atoms with Crippen molar-refractivity contribution in [3.05, 3.63) is 51.2 Å². The number of benzene rings is 1. The predicted octanol–water partition coefficient (Wildman–Crippen LogP) is 0.588. The highest BCUT2D eigenvalue weighted by Gasteiger charge is 2.59. The summed E-state index contributed by atoms with van der Waals surface area (Å²) in [5, 5.41) is 13.4. The molecular formula is C26H31N5O8. The minimum atomic E-state index is -0.987. The van der Waals surface area contributed by atoms with Gasteiger partial charge in [-0.2, -0.15) is 0 Å². The van der Waals surface area contributed by atoms with Gasteiger partial charge < -0.3 is 20.7 Å². The van der Waals surface area contributed by atoms with Crippen LogP contribution in [0.5, 0.6) is 0 Å². The fourth-order valence-corrected chi connectivity index (χ4v) is 5.69. The molecule has 13 nitrogen and oxygen atoms in total. The number of likely N-dealkylation sites (tertiary alicyclic amines) is 1. The van der Waals surface area contributed by atoms with Crippen LogP contribution < -0.4 is 11.1 Å². The molecule has 208 valence electrons. The van der Waals surface area contributed by atoms with Crippen molar-refractivity contribution in [2.75, 3.05) is 26.2 Å². The number of carbonyl (C=O) groups is 5. The number of hydrogen-bond acceptors (Lipinski definition) is 9. The van der Waals surface area contributed by atoms with Crippen molar-refractivity contribution < 1.29 is 33.6 Å². The SMILES string of the molecule is CC(C)[C@H]1C(=O)N2C(C(=O)OC(=O)c3ccc([N+](=O)[O-])cc3)=C(CN3CC[C@H](C(=O)NCC(N)=O)C3)[C@H](C)[C@H]12. The van der Waals surface area contributed by atoms with Gasteiger partial charge in [0.05, 0.1) is 34.9 Å². The second-order valence-corrected chi connectivity index (χ2v) is 10.5. The normalized spacial score (nSPS) is 24.4. The standard InChI is InChI=1S/C26H31N5O8/c1-13(2)20-21-14(3)18(12-29-9-8-16(11-29)23(33)28-10-19(27)32)22(30(21)24(20)34)26(36)39-25(35)15-4-6-17(7-5-15)31(37)38/h4-7,13-14,16,20-21H,8-12H2,1-3H3,(H2,27,32)(H,28,33)/t14-,16-,20+,21+/m0/s1. The zero-order chi connectivity index (χ0) is 28.6. The predicted molar refractivity (Wildman–Crippen MR) is 135 cm³/mol. The van der Waals surface area contributed by atoms with Gasteiger partial charge in [-0.1, -0.05) is 20.8 Å². The molecule has 3 heterocycles. The van der Waals surface area contributed by atoms with E-state index in [2.05, 4.69) is 5.32 Å². The summed E-state index contributed by atoms with van der Waals surface area (Å²) >= 11 is 0. The molecule has 0 aliphatic carbocycles. The fraction of sp³-hybridized carbons (Fsp3) is 0.500. The van der Waals surface area contributed by atoms with E-state index in [1.165, 1.54) is 17.0 Å². The zero-order valence-corrected chi connectivity index (χ0v) is 21.9. The molecule has 0 aromatic heterocycles. The second-order valence-electron chi connectivity index (χ2n) is 10.5. The van der Waals surface area contributed by atoms with Gasteiger partial charge in [0.2, 0.25) is 17.7 Å². The number of hydrogen-bond donors (Lipinski definition) is 2. The number of amides is 3. The van der Waals surface area contributed by atoms with E-state index in [1.807, 2.05) is 25.7 Å². The van der Waals surface area contributed by atoms with Crippen LogP contribution in [0.3, 0.4) is 0 Å². The number of carbonyl (C=O) groups excluding carboxylic acids is 5. The number of β-lactam (4-membered cyclic amide) rings is 1. The molecule has 0 bridgehead atoms. The summed E-state index contributed by atoms with van der Waals surface area (Å²) in [5.74, 6) is -3.86. The van der Waals surface area contributed by atoms with Gasteiger partial charge >= 0.3 is 11.9 Å². The molecular weight excluding hydrogens is 510 g/mol. The average molecular weight is 542 g/mol. The Morgan fingerprint density at radius 2 is 1.85 bits per heavy atom. The summed E-state index contributed by atoms with van der Waals surface area (Å²) in [5.41, 5.74) is 5.53. The Hall–Kier alpha value is -4.13. The molecule has 3 amide bonds. The Balaban J connectivity index is 1.54. The second kappa shape index (κ2) is 10.9. The fourth-order valence-electron chi connectivity index (χ4n) is 5.69. The summed E-state index contributed by atoms with van der Waals surface area (Å²) < 4.78 is 5.15. The zero-order valence-electron chi connectivity index (χ0n) is 21.9. The number of primary amides is 1. The van der Waals surface area contributed by atoms with Crippen molar-refractivity contribution in [3.8, 4) is 0 Å². The number of esters is 2. The lowest BCUT2D eigenvalue weighted by Crippen LogP contribution is -2.62. The van der Waals surface area contributed by atoms with Gasteiger partial charge in [0.1, 0.15) is 5.70 Å². The number of rotatable bonds is 9. The van der Waals surface area contributed by atoms with Crippen LogP contribution in [-0.2, 0) is 23.9 Å². The van der Waals surface area contributed by atoms with Crippen LogP contribution in [-0.4, -0.2) is 76.6 Å². The Morgan fingerprint density at radius 1 is 1.18 bits per heavy atom. The molecule has 0 spiro atoms. The first kappa shape index (κ1) is 27.9. The van der Waals surface area contributed by atoms with Gasteiger partial charge in [0.25, 0.3) is 5.69 Å². The highest BCUT2D eigenvalue weighted by molar-refractivity contribution is 6.06. The summed E-state index contributed by atoms with van der Waals surface area (Å²) in [6, 6.07) is 4.41. The van der Waals surface area contributed by atoms with E-state index in [9.17, 15) is 34.1 Å². The highest BCUT2D eigenvalue weighted by Crippen LogP contribution is 2.49. The number of nitrogens with one attached hydrogen (secondary N) is 1. The third-order valence-electron chi connectivity index (χ3n) is 7.68. The summed E-state index contributed by atoms with van der Waals surface area (Å²) in [6.45, 7) is 6.80. The number of non-ortho nitro benzene ring substituents is 1. The van der Waals surface area contributed by atoms with Crippen LogP contribution in [0.1, 0.15) is 37.6 Å². The molecule has 0 saturated carbocycles. The third kappa shape index (κ3) is 5.39. The third-order valence-corrected chi connectivity index (χ3v) is 7.68. The molecule has 4 rings (SSSR count). The minimum Gasteiger partial charge on any atom is -0.385 e. The van der Waals surface area contributed by atoms with E-state index in [0.29, 0.717) is 31.6 Å².